The fourth-order valence-electron chi connectivity index (χ4n) is 0.770. The van der Waals surface area contributed by atoms with Crippen molar-refractivity contribution in [1.29, 1.82) is 0 Å². The van der Waals surface area contributed by atoms with Gasteiger partial charge in [0.2, 0.25) is 5.78 Å². The number of hydrogen-bond donors (Lipinski definition) is 0. The summed E-state index contributed by atoms with van der Waals surface area (Å²) in [5.41, 5.74) is 0. The Hall–Kier alpha value is -0.547. The molecule has 1 aromatic rings. The number of hydrogen-bond acceptors (Lipinski definition) is 3. The van der Waals surface area contributed by atoms with Gasteiger partial charge in [-0.05, 0) is 11.4 Å². The third-order valence-electron chi connectivity index (χ3n) is 1.43. The fourth-order valence-corrected chi connectivity index (χ4v) is 1.43. The van der Waals surface area contributed by atoms with E-state index in [4.69, 9.17) is 0 Å². The molecule has 1 heterocycles. The summed E-state index contributed by atoms with van der Waals surface area (Å²) < 4.78 is 35.3. The molecule has 0 aromatic carbocycles. The third-order valence-corrected chi connectivity index (χ3v) is 2.34. The van der Waals surface area contributed by atoms with Gasteiger partial charge in [0.1, 0.15) is 0 Å². The van der Waals surface area contributed by atoms with Crippen LogP contribution in [-0.2, 0) is 24.3 Å². The molecular weight excluding hydrogens is 283 g/mol. The zero-order valence-electron chi connectivity index (χ0n) is 7.50. The van der Waals surface area contributed by atoms with E-state index in [9.17, 15) is 22.8 Å². The van der Waals surface area contributed by atoms with Crippen molar-refractivity contribution in [3.05, 3.63) is 22.4 Å². The maximum atomic E-state index is 11.8. The Morgan fingerprint density at radius 3 is 2.33 bits per heavy atom. The van der Waals surface area contributed by atoms with E-state index in [0.29, 0.717) is 0 Å². The van der Waals surface area contributed by atoms with E-state index in [1.807, 2.05) is 0 Å². The van der Waals surface area contributed by atoms with E-state index in [1.54, 1.807) is 5.38 Å². The van der Waals surface area contributed by atoms with Gasteiger partial charge in [0.25, 0.3) is 0 Å². The molecule has 0 atom stereocenters. The molecular formula is C8H5F3O2SZn. The Kier molecular flexibility index (Phi) is 5.31. The van der Waals surface area contributed by atoms with Crippen LogP contribution in [0.3, 0.4) is 0 Å². The maximum Gasteiger partial charge on any atom is 0.450 e. The van der Waals surface area contributed by atoms with Gasteiger partial charge in [-0.15, -0.1) is 11.3 Å². The third kappa shape index (κ3) is 4.22. The minimum atomic E-state index is -4.92. The normalized spacial score (nSPS) is 10.6. The second-order valence-electron chi connectivity index (χ2n) is 2.50. The van der Waals surface area contributed by atoms with Gasteiger partial charge < -0.3 is 0 Å². The SMILES string of the molecule is O=C(CC(=O)C(F)(F)F)c1cccs1.[Zn]. The zero-order chi connectivity index (χ0) is 10.8. The monoisotopic (exact) mass is 286 g/mol. The molecule has 7 heteroatoms. The number of alkyl halides is 3. The summed E-state index contributed by atoms with van der Waals surface area (Å²) in [7, 11) is 0. The Balaban J connectivity index is 0.00000196. The van der Waals surface area contributed by atoms with Gasteiger partial charge in [-0.2, -0.15) is 13.2 Å². The first-order valence-corrected chi connectivity index (χ1v) is 4.46. The van der Waals surface area contributed by atoms with Crippen LogP contribution in [0, 0.1) is 0 Å². The van der Waals surface area contributed by atoms with Crippen molar-refractivity contribution in [1.82, 2.24) is 0 Å². The average Bonchev–Trinajstić information content (AvgIpc) is 2.53. The van der Waals surface area contributed by atoms with Crippen LogP contribution >= 0.6 is 11.3 Å². The predicted octanol–water partition coefficient (Wildman–Crippen LogP) is 2.45. The van der Waals surface area contributed by atoms with Gasteiger partial charge in [0, 0.05) is 19.5 Å². The van der Waals surface area contributed by atoms with E-state index < -0.39 is 24.2 Å². The van der Waals surface area contributed by atoms with E-state index in [2.05, 4.69) is 0 Å². The van der Waals surface area contributed by atoms with Crippen molar-refractivity contribution < 1.29 is 42.2 Å². The molecule has 0 bridgehead atoms. The molecule has 0 radical (unpaired) electrons. The molecule has 1 aromatic heterocycles. The fraction of sp³-hybridized carbons (Fsp3) is 0.250. The Morgan fingerprint density at radius 1 is 1.33 bits per heavy atom. The molecule has 0 N–H and O–H groups in total. The first kappa shape index (κ1) is 14.5. The van der Waals surface area contributed by atoms with Crippen LogP contribution < -0.4 is 0 Å². The van der Waals surface area contributed by atoms with Crippen LogP contribution in [0.5, 0.6) is 0 Å². The second kappa shape index (κ2) is 5.51. The topological polar surface area (TPSA) is 34.1 Å². The minimum Gasteiger partial charge on any atom is -0.293 e. The summed E-state index contributed by atoms with van der Waals surface area (Å²) >= 11 is 1.01. The Bertz CT molecular complexity index is 345. The molecule has 2 nitrogen and oxygen atoms in total. The number of carbonyl (C=O) groups excluding carboxylic acids is 2. The molecule has 78 valence electrons. The minimum absolute atomic E-state index is 0. The standard InChI is InChI=1S/C8H5F3O2S.Zn/c9-8(10,11)7(13)4-5(12)6-2-1-3-14-6;/h1-3H,4H2;. The molecule has 0 unspecified atom stereocenters. The van der Waals surface area contributed by atoms with Gasteiger partial charge >= 0.3 is 6.18 Å². The van der Waals surface area contributed by atoms with Gasteiger partial charge in [-0.1, -0.05) is 6.07 Å². The predicted molar refractivity (Wildman–Crippen MR) is 44.3 cm³/mol. The molecule has 0 aliphatic carbocycles. The first-order valence-electron chi connectivity index (χ1n) is 3.58. The van der Waals surface area contributed by atoms with Crippen LogP contribution in [0.2, 0.25) is 0 Å². The number of halogens is 3. The molecule has 0 aliphatic rings. The van der Waals surface area contributed by atoms with Gasteiger partial charge in [0.15, 0.2) is 5.78 Å². The van der Waals surface area contributed by atoms with E-state index >= 15 is 0 Å². The smallest absolute Gasteiger partial charge is 0.293 e. The largest absolute Gasteiger partial charge is 0.450 e. The van der Waals surface area contributed by atoms with Crippen LogP contribution in [0.4, 0.5) is 13.2 Å². The Morgan fingerprint density at radius 2 is 1.93 bits per heavy atom. The van der Waals surface area contributed by atoms with Gasteiger partial charge in [0.05, 0.1) is 11.3 Å². The molecule has 0 spiro atoms. The van der Waals surface area contributed by atoms with E-state index in [0.717, 1.165) is 11.3 Å². The summed E-state index contributed by atoms with van der Waals surface area (Å²) in [6.07, 6.45) is -6.03. The molecule has 15 heavy (non-hydrogen) atoms. The second-order valence-corrected chi connectivity index (χ2v) is 3.45. The van der Waals surface area contributed by atoms with Crippen molar-refractivity contribution >= 4 is 22.9 Å². The maximum absolute atomic E-state index is 11.8. The molecule has 1 rings (SSSR count). The van der Waals surface area contributed by atoms with Crippen molar-refractivity contribution in [2.24, 2.45) is 0 Å². The summed E-state index contributed by atoms with van der Waals surface area (Å²) in [5.74, 6) is -2.79. The van der Waals surface area contributed by atoms with Crippen molar-refractivity contribution in [2.75, 3.05) is 0 Å². The van der Waals surface area contributed by atoms with Crippen LogP contribution in [0.15, 0.2) is 17.5 Å². The first-order chi connectivity index (χ1) is 6.41. The molecule has 0 saturated carbocycles. The van der Waals surface area contributed by atoms with E-state index in [1.165, 1.54) is 12.1 Å². The van der Waals surface area contributed by atoms with Crippen molar-refractivity contribution in [2.45, 2.75) is 12.6 Å². The van der Waals surface area contributed by atoms with Crippen molar-refractivity contribution in [3.8, 4) is 0 Å². The summed E-state index contributed by atoms with van der Waals surface area (Å²) in [6.45, 7) is 0. The Labute approximate surface area is 100 Å². The van der Waals surface area contributed by atoms with Crippen LogP contribution in [0.1, 0.15) is 16.1 Å². The number of Topliss-reactive ketones (excluding diaryl/α,β-unsaturated/α-hetero) is 2. The summed E-state index contributed by atoms with van der Waals surface area (Å²) in [5, 5.41) is 1.56. The van der Waals surface area contributed by atoms with Crippen molar-refractivity contribution in [3.63, 3.8) is 0 Å². The van der Waals surface area contributed by atoms with Gasteiger partial charge in [-0.25, -0.2) is 0 Å². The van der Waals surface area contributed by atoms with E-state index in [-0.39, 0.29) is 24.4 Å². The van der Waals surface area contributed by atoms with Crippen LogP contribution in [-0.4, -0.2) is 17.7 Å². The van der Waals surface area contributed by atoms with Crippen LogP contribution in [0.25, 0.3) is 0 Å². The summed E-state index contributed by atoms with van der Waals surface area (Å²) in [6, 6.07) is 2.92. The number of rotatable bonds is 3. The molecule has 0 saturated heterocycles. The molecule has 0 amide bonds. The average molecular weight is 288 g/mol. The quantitative estimate of drug-likeness (QED) is 0.486. The van der Waals surface area contributed by atoms with Gasteiger partial charge in [-0.3, -0.25) is 9.59 Å². The number of ketones is 2. The number of thiophene rings is 1. The zero-order valence-corrected chi connectivity index (χ0v) is 11.3. The molecule has 0 aliphatic heterocycles. The summed E-state index contributed by atoms with van der Waals surface area (Å²) in [4.78, 5) is 21.7. The molecule has 0 fully saturated rings. The number of carbonyl (C=O) groups is 2.